The summed E-state index contributed by atoms with van der Waals surface area (Å²) in [7, 11) is 1.59. The fourth-order valence-electron chi connectivity index (χ4n) is 3.30. The monoisotopic (exact) mass is 445 g/mol. The van der Waals surface area contributed by atoms with Gasteiger partial charge in [-0.3, -0.25) is 4.79 Å². The number of amides is 1. The van der Waals surface area contributed by atoms with Crippen molar-refractivity contribution in [2.45, 2.75) is 6.92 Å². The normalized spacial score (nSPS) is 10.7. The van der Waals surface area contributed by atoms with Gasteiger partial charge < -0.3 is 10.1 Å². The molecule has 4 nitrogen and oxygen atoms in total. The number of hydrogen-bond donors (Lipinski definition) is 1. The molecular weight excluding hydrogens is 428 g/mol. The molecule has 5 heteroatoms. The topological polar surface area (TPSA) is 51.2 Å². The molecule has 3 aromatic carbocycles. The van der Waals surface area contributed by atoms with E-state index in [0.29, 0.717) is 17.0 Å². The number of benzene rings is 3. The zero-order valence-corrected chi connectivity index (χ0v) is 17.6. The molecule has 1 aromatic heterocycles. The third-order valence-electron chi connectivity index (χ3n) is 4.73. The van der Waals surface area contributed by atoms with Crippen LogP contribution in [0.25, 0.3) is 22.2 Å². The van der Waals surface area contributed by atoms with Gasteiger partial charge in [0, 0.05) is 27.2 Å². The summed E-state index contributed by atoms with van der Waals surface area (Å²) >= 11 is 3.51. The maximum atomic E-state index is 13.3. The van der Waals surface area contributed by atoms with Crippen molar-refractivity contribution in [3.8, 4) is 17.0 Å². The minimum absolute atomic E-state index is 0.202. The van der Waals surface area contributed by atoms with E-state index >= 15 is 0 Å². The van der Waals surface area contributed by atoms with E-state index in [-0.39, 0.29) is 5.91 Å². The van der Waals surface area contributed by atoms with Gasteiger partial charge in [0.1, 0.15) is 5.75 Å². The predicted molar refractivity (Wildman–Crippen MR) is 119 cm³/mol. The van der Waals surface area contributed by atoms with E-state index in [0.717, 1.165) is 32.2 Å². The fraction of sp³-hybridized carbons (Fsp3) is 0.0833. The lowest BCUT2D eigenvalue weighted by atomic mass is 9.97. The van der Waals surface area contributed by atoms with Gasteiger partial charge in [-0.15, -0.1) is 0 Å². The number of aromatic nitrogens is 1. The molecule has 0 unspecified atom stereocenters. The Hall–Kier alpha value is -3.18. The fourth-order valence-corrected chi connectivity index (χ4v) is 3.66. The molecule has 0 aliphatic rings. The molecule has 4 aromatic rings. The van der Waals surface area contributed by atoms with Crippen molar-refractivity contribution < 1.29 is 9.53 Å². The van der Waals surface area contributed by atoms with E-state index in [9.17, 15) is 4.79 Å². The van der Waals surface area contributed by atoms with Crippen LogP contribution < -0.4 is 10.1 Å². The van der Waals surface area contributed by atoms with E-state index < -0.39 is 0 Å². The van der Waals surface area contributed by atoms with Crippen LogP contribution in [0.15, 0.2) is 71.2 Å². The Kier molecular flexibility index (Phi) is 5.32. The van der Waals surface area contributed by atoms with Gasteiger partial charge in [-0.05, 0) is 48.9 Å². The number of methoxy groups -OCH3 is 1. The van der Waals surface area contributed by atoms with Crippen molar-refractivity contribution in [1.82, 2.24) is 4.98 Å². The highest BCUT2D eigenvalue weighted by Gasteiger charge is 2.19. The number of ether oxygens (including phenoxy) is 1. The Morgan fingerprint density at radius 2 is 1.90 bits per heavy atom. The Morgan fingerprint density at radius 1 is 1.10 bits per heavy atom. The van der Waals surface area contributed by atoms with Gasteiger partial charge in [-0.2, -0.15) is 0 Å². The number of pyridine rings is 1. The molecule has 0 saturated heterocycles. The van der Waals surface area contributed by atoms with Gasteiger partial charge in [0.05, 0.1) is 23.9 Å². The van der Waals surface area contributed by atoms with Gasteiger partial charge in [0.2, 0.25) is 0 Å². The highest BCUT2D eigenvalue weighted by molar-refractivity contribution is 9.10. The average molecular weight is 446 g/mol. The van der Waals surface area contributed by atoms with E-state index in [1.54, 1.807) is 25.3 Å². The first-order valence-electron chi connectivity index (χ1n) is 9.09. The molecule has 1 radical (unpaired) electrons. The number of rotatable bonds is 4. The Balaban J connectivity index is 1.85. The number of nitrogens with one attached hydrogen (secondary N) is 1. The molecule has 0 spiro atoms. The largest absolute Gasteiger partial charge is 0.497 e. The molecule has 1 N–H and O–H groups in total. The van der Waals surface area contributed by atoms with Crippen LogP contribution in [0, 0.1) is 13.0 Å². The zero-order chi connectivity index (χ0) is 20.4. The van der Waals surface area contributed by atoms with E-state index in [1.807, 2.05) is 55.5 Å². The van der Waals surface area contributed by atoms with Gasteiger partial charge in [-0.25, -0.2) is 4.98 Å². The summed E-state index contributed by atoms with van der Waals surface area (Å²) in [5, 5.41) is 3.74. The molecule has 29 heavy (non-hydrogen) atoms. The molecule has 0 aliphatic carbocycles. The molecule has 0 aliphatic heterocycles. The SMILES string of the molecule is COc1c[c]c(NC(=O)c2c(C)c(-c3ccccc3)nc3ccc(Br)cc23)cc1. The number of nitrogens with zero attached hydrogens (tertiary/aromatic N) is 1. The number of carbonyl (C=O) groups excluding carboxylic acids is 1. The first kappa shape index (κ1) is 19.2. The van der Waals surface area contributed by atoms with Crippen molar-refractivity contribution in [3.05, 3.63) is 88.4 Å². The highest BCUT2D eigenvalue weighted by atomic mass is 79.9. The van der Waals surface area contributed by atoms with Crippen LogP contribution >= 0.6 is 15.9 Å². The van der Waals surface area contributed by atoms with Crippen molar-refractivity contribution >= 4 is 38.4 Å². The summed E-state index contributed by atoms with van der Waals surface area (Å²) in [6.45, 7) is 1.93. The molecule has 0 fully saturated rings. The molecule has 0 saturated carbocycles. The van der Waals surface area contributed by atoms with Crippen molar-refractivity contribution in [2.24, 2.45) is 0 Å². The van der Waals surface area contributed by atoms with Gasteiger partial charge in [0.15, 0.2) is 0 Å². The summed E-state index contributed by atoms with van der Waals surface area (Å²) in [6, 6.07) is 23.9. The number of anilines is 1. The van der Waals surface area contributed by atoms with Crippen LogP contribution in [0.2, 0.25) is 0 Å². The van der Waals surface area contributed by atoms with Crippen LogP contribution in [0.5, 0.6) is 5.75 Å². The third-order valence-corrected chi connectivity index (χ3v) is 5.23. The zero-order valence-electron chi connectivity index (χ0n) is 16.0. The van der Waals surface area contributed by atoms with Crippen LogP contribution in [-0.2, 0) is 0 Å². The highest BCUT2D eigenvalue weighted by Crippen LogP contribution is 2.31. The summed E-state index contributed by atoms with van der Waals surface area (Å²) in [4.78, 5) is 18.1. The van der Waals surface area contributed by atoms with Crippen LogP contribution in [0.1, 0.15) is 15.9 Å². The van der Waals surface area contributed by atoms with Crippen molar-refractivity contribution in [1.29, 1.82) is 0 Å². The second-order valence-corrected chi connectivity index (χ2v) is 7.50. The number of halogens is 1. The lowest BCUT2D eigenvalue weighted by Crippen LogP contribution is -2.15. The Labute approximate surface area is 177 Å². The summed E-state index contributed by atoms with van der Waals surface area (Å²) in [6.07, 6.45) is 0. The third kappa shape index (κ3) is 3.87. The van der Waals surface area contributed by atoms with E-state index in [1.165, 1.54) is 0 Å². The lowest BCUT2D eigenvalue weighted by molar-refractivity contribution is 0.102. The number of fused-ring (bicyclic) bond motifs is 1. The second kappa shape index (κ2) is 8.05. The molecule has 1 amide bonds. The predicted octanol–water partition coefficient (Wildman–Crippen LogP) is 6.03. The van der Waals surface area contributed by atoms with Gasteiger partial charge in [-0.1, -0.05) is 46.3 Å². The summed E-state index contributed by atoms with van der Waals surface area (Å²) in [5.41, 5.74) is 4.54. The molecule has 4 rings (SSSR count). The van der Waals surface area contributed by atoms with Gasteiger partial charge >= 0.3 is 0 Å². The first-order valence-corrected chi connectivity index (χ1v) is 9.88. The average Bonchev–Trinajstić information content (AvgIpc) is 2.74. The minimum atomic E-state index is -0.202. The Bertz CT molecular complexity index is 1190. The minimum Gasteiger partial charge on any atom is -0.497 e. The lowest BCUT2D eigenvalue weighted by Gasteiger charge is -2.15. The molecule has 0 bridgehead atoms. The molecule has 143 valence electrons. The summed E-state index contributed by atoms with van der Waals surface area (Å²) in [5.74, 6) is 0.482. The van der Waals surface area contributed by atoms with Crippen LogP contribution in [0.3, 0.4) is 0 Å². The quantitative estimate of drug-likeness (QED) is 0.416. The maximum Gasteiger partial charge on any atom is 0.256 e. The van der Waals surface area contributed by atoms with Crippen molar-refractivity contribution in [2.75, 3.05) is 12.4 Å². The standard InChI is InChI=1S/C24H18BrN2O2/c1-15-22(24(28)26-18-9-11-19(29-2)12-10-18)20-14-17(25)8-13-21(20)27-23(15)16-6-4-3-5-7-16/h3-9,11-14H,1-2H3,(H,26,28). The summed E-state index contributed by atoms with van der Waals surface area (Å²) < 4.78 is 6.05. The first-order chi connectivity index (χ1) is 14.1. The van der Waals surface area contributed by atoms with E-state index in [2.05, 4.69) is 27.3 Å². The molecule has 0 atom stereocenters. The van der Waals surface area contributed by atoms with Crippen molar-refractivity contribution in [3.63, 3.8) is 0 Å². The number of carbonyl (C=O) groups is 1. The Morgan fingerprint density at radius 3 is 2.59 bits per heavy atom. The molecular formula is C24H18BrN2O2. The maximum absolute atomic E-state index is 13.3. The van der Waals surface area contributed by atoms with Crippen LogP contribution in [0.4, 0.5) is 5.69 Å². The smallest absolute Gasteiger partial charge is 0.256 e. The number of hydrogen-bond acceptors (Lipinski definition) is 3. The van der Waals surface area contributed by atoms with Crippen LogP contribution in [-0.4, -0.2) is 18.0 Å². The van der Waals surface area contributed by atoms with E-state index in [4.69, 9.17) is 9.72 Å². The van der Waals surface area contributed by atoms with Gasteiger partial charge in [0.25, 0.3) is 5.91 Å². The second-order valence-electron chi connectivity index (χ2n) is 6.58. The molecule has 1 heterocycles.